The molecule has 12 atom stereocenters. The van der Waals surface area contributed by atoms with E-state index in [2.05, 4.69) is 36.5 Å². The monoisotopic (exact) mass is 675 g/mol. The Morgan fingerprint density at radius 1 is 0.745 bits per heavy atom. The Kier molecular flexibility index (Phi) is 20.0. The Morgan fingerprint density at radius 2 is 1.32 bits per heavy atom. The normalized spacial score (nSPS) is 33.1. The number of allylic oxidation sites excluding steroid dienone is 5. The average Bonchev–Trinajstić information content (AvgIpc) is 3.07. The lowest BCUT2D eigenvalue weighted by atomic mass is 9.97. The quantitative estimate of drug-likeness (QED) is 0.0563. The zero-order chi connectivity index (χ0) is 34.8. The number of amides is 1. The number of aliphatic hydroxyl groups is 8. The van der Waals surface area contributed by atoms with Crippen molar-refractivity contribution in [2.24, 2.45) is 0 Å². The van der Waals surface area contributed by atoms with E-state index >= 15 is 0 Å². The van der Waals surface area contributed by atoms with Crippen molar-refractivity contribution >= 4 is 5.91 Å². The molecule has 2 saturated heterocycles. The van der Waals surface area contributed by atoms with Gasteiger partial charge in [0.1, 0.15) is 48.8 Å². The van der Waals surface area contributed by atoms with Crippen LogP contribution in [0.25, 0.3) is 0 Å². The van der Waals surface area contributed by atoms with E-state index < -0.39 is 86.8 Å². The minimum absolute atomic E-state index is 0.243. The Labute approximate surface area is 277 Å². The molecule has 0 aromatic carbocycles. The Morgan fingerprint density at radius 3 is 1.91 bits per heavy atom. The highest BCUT2D eigenvalue weighted by Crippen LogP contribution is 2.29. The van der Waals surface area contributed by atoms with Crippen LogP contribution in [-0.4, -0.2) is 140 Å². The van der Waals surface area contributed by atoms with E-state index in [0.29, 0.717) is 12.8 Å². The smallest absolute Gasteiger partial charge is 0.220 e. The lowest BCUT2D eigenvalue weighted by Crippen LogP contribution is -2.65. The zero-order valence-electron chi connectivity index (χ0n) is 27.5. The summed E-state index contributed by atoms with van der Waals surface area (Å²) in [5.74, 6) is -0.296. The standard InChI is InChI=1S/C33H57NO13/c1-3-5-7-8-9-10-11-12-13-14-15-16-22(37)21(34-25(38)17-6-4-2)20-44-32-30(43)28(41)31(24(19-36)46-32)47-33-29(42)27(40)26(39)23(18-35)45-33/h7-8,11-12,15-16,21-24,26-33,35-37,39-43H,3-6,9-10,13-14,17-20H2,1-2H3,(H,34,38)/b8-7+,12-11+,16-15+. The van der Waals surface area contributed by atoms with Gasteiger partial charge in [0.05, 0.1) is 32.0 Å². The summed E-state index contributed by atoms with van der Waals surface area (Å²) in [6, 6.07) is -0.926. The third kappa shape index (κ3) is 13.6. The first-order valence-electron chi connectivity index (χ1n) is 16.7. The highest BCUT2D eigenvalue weighted by molar-refractivity contribution is 5.76. The lowest BCUT2D eigenvalue weighted by Gasteiger charge is -2.46. The number of aliphatic hydroxyl groups excluding tert-OH is 8. The van der Waals surface area contributed by atoms with E-state index in [9.17, 15) is 45.6 Å². The number of hydrogen-bond donors (Lipinski definition) is 9. The summed E-state index contributed by atoms with van der Waals surface area (Å²) in [7, 11) is 0. The number of rotatable bonds is 21. The third-order valence-electron chi connectivity index (χ3n) is 8.04. The SMILES string of the molecule is CCC/C=C/CC/C=C/CC/C=C/C(O)C(COC1OC(CO)C(OC2OC(CO)C(O)C(O)C2O)C(O)C1O)NC(=O)CCCC. The fourth-order valence-electron chi connectivity index (χ4n) is 5.13. The molecular formula is C33H57NO13. The van der Waals surface area contributed by atoms with Crippen molar-refractivity contribution in [1.82, 2.24) is 5.32 Å². The van der Waals surface area contributed by atoms with Crippen LogP contribution in [0, 0.1) is 0 Å². The van der Waals surface area contributed by atoms with Crippen molar-refractivity contribution in [1.29, 1.82) is 0 Å². The average molecular weight is 676 g/mol. The van der Waals surface area contributed by atoms with Crippen LogP contribution in [0.5, 0.6) is 0 Å². The maximum atomic E-state index is 12.5. The Hall–Kier alpha value is -1.79. The number of carbonyl (C=O) groups excluding carboxylic acids is 1. The summed E-state index contributed by atoms with van der Waals surface area (Å²) in [5, 5.41) is 85.1. The van der Waals surface area contributed by atoms with Crippen LogP contribution in [0.1, 0.15) is 71.6 Å². The van der Waals surface area contributed by atoms with E-state index in [1.807, 2.05) is 6.92 Å². The second-order valence-corrected chi connectivity index (χ2v) is 11.9. The van der Waals surface area contributed by atoms with Gasteiger partial charge in [-0.2, -0.15) is 0 Å². The predicted molar refractivity (Wildman–Crippen MR) is 171 cm³/mol. The molecule has 12 unspecified atom stereocenters. The summed E-state index contributed by atoms with van der Waals surface area (Å²) in [6.07, 6.45) is 2.20. The lowest BCUT2D eigenvalue weighted by molar-refractivity contribution is -0.359. The molecule has 2 fully saturated rings. The van der Waals surface area contributed by atoms with Crippen molar-refractivity contribution in [3.63, 3.8) is 0 Å². The molecule has 2 heterocycles. The molecule has 2 aliphatic heterocycles. The van der Waals surface area contributed by atoms with Crippen LogP contribution in [0.3, 0.4) is 0 Å². The van der Waals surface area contributed by atoms with Crippen molar-refractivity contribution in [2.45, 2.75) is 145 Å². The van der Waals surface area contributed by atoms with E-state index in [1.165, 1.54) is 0 Å². The summed E-state index contributed by atoms with van der Waals surface area (Å²) < 4.78 is 22.2. The van der Waals surface area contributed by atoms with Crippen LogP contribution >= 0.6 is 0 Å². The molecule has 0 bridgehead atoms. The van der Waals surface area contributed by atoms with Gasteiger partial charge in [0.25, 0.3) is 0 Å². The van der Waals surface area contributed by atoms with E-state index in [4.69, 9.17) is 18.9 Å². The maximum absolute atomic E-state index is 12.5. The molecule has 14 heteroatoms. The minimum Gasteiger partial charge on any atom is -0.394 e. The first-order valence-corrected chi connectivity index (χ1v) is 16.7. The minimum atomic E-state index is -1.79. The first kappa shape index (κ1) is 41.4. The predicted octanol–water partition coefficient (Wildman–Crippen LogP) is -0.308. The Balaban J connectivity index is 1.99. The van der Waals surface area contributed by atoms with Gasteiger partial charge in [-0.1, -0.05) is 63.1 Å². The molecule has 0 aliphatic carbocycles. The molecular weight excluding hydrogens is 618 g/mol. The number of unbranched alkanes of at least 4 members (excludes halogenated alkanes) is 4. The summed E-state index contributed by atoms with van der Waals surface area (Å²) in [6.45, 7) is 2.34. The van der Waals surface area contributed by atoms with Crippen molar-refractivity contribution in [2.75, 3.05) is 19.8 Å². The topological polar surface area (TPSA) is 228 Å². The van der Waals surface area contributed by atoms with E-state index in [-0.39, 0.29) is 18.9 Å². The van der Waals surface area contributed by atoms with Gasteiger partial charge in [-0.3, -0.25) is 4.79 Å². The molecule has 2 aliphatic rings. The van der Waals surface area contributed by atoms with Crippen molar-refractivity contribution < 1.29 is 64.6 Å². The van der Waals surface area contributed by atoms with Crippen LogP contribution in [0.4, 0.5) is 0 Å². The summed E-state index contributed by atoms with van der Waals surface area (Å²) in [4.78, 5) is 12.5. The van der Waals surface area contributed by atoms with Gasteiger partial charge in [-0.15, -0.1) is 0 Å². The largest absolute Gasteiger partial charge is 0.394 e. The molecule has 0 aromatic heterocycles. The number of ether oxygens (including phenoxy) is 4. The molecule has 272 valence electrons. The van der Waals surface area contributed by atoms with Crippen LogP contribution in [0.15, 0.2) is 36.5 Å². The molecule has 0 aromatic rings. The Bertz CT molecular complexity index is 945. The fourth-order valence-corrected chi connectivity index (χ4v) is 5.13. The van der Waals surface area contributed by atoms with Gasteiger partial charge < -0.3 is 65.1 Å². The zero-order valence-corrected chi connectivity index (χ0v) is 27.5. The molecule has 1 amide bonds. The van der Waals surface area contributed by atoms with Gasteiger partial charge >= 0.3 is 0 Å². The highest BCUT2D eigenvalue weighted by atomic mass is 16.7. The molecule has 0 spiro atoms. The second-order valence-electron chi connectivity index (χ2n) is 11.9. The molecule has 0 radical (unpaired) electrons. The molecule has 14 nitrogen and oxygen atoms in total. The van der Waals surface area contributed by atoms with Crippen LogP contribution in [-0.2, 0) is 23.7 Å². The van der Waals surface area contributed by atoms with Gasteiger partial charge in [0, 0.05) is 6.42 Å². The summed E-state index contributed by atoms with van der Waals surface area (Å²) in [5.41, 5.74) is 0. The van der Waals surface area contributed by atoms with Crippen molar-refractivity contribution in [3.05, 3.63) is 36.5 Å². The van der Waals surface area contributed by atoms with Gasteiger partial charge in [-0.25, -0.2) is 0 Å². The van der Waals surface area contributed by atoms with Gasteiger partial charge in [-0.05, 0) is 38.5 Å². The first-order chi connectivity index (χ1) is 22.6. The fraction of sp³-hybridized carbons (Fsp3) is 0.788. The van der Waals surface area contributed by atoms with Gasteiger partial charge in [0.15, 0.2) is 12.6 Å². The summed E-state index contributed by atoms with van der Waals surface area (Å²) >= 11 is 0. The maximum Gasteiger partial charge on any atom is 0.220 e. The van der Waals surface area contributed by atoms with Crippen LogP contribution < -0.4 is 5.32 Å². The molecule has 9 N–H and O–H groups in total. The molecule has 47 heavy (non-hydrogen) atoms. The van der Waals surface area contributed by atoms with Gasteiger partial charge in [0.2, 0.25) is 5.91 Å². The number of hydrogen-bond acceptors (Lipinski definition) is 13. The molecule has 2 rings (SSSR count). The van der Waals surface area contributed by atoms with E-state index in [1.54, 1.807) is 12.2 Å². The number of nitrogens with one attached hydrogen (secondary N) is 1. The highest BCUT2D eigenvalue weighted by Gasteiger charge is 2.50. The van der Waals surface area contributed by atoms with Crippen LogP contribution in [0.2, 0.25) is 0 Å². The van der Waals surface area contributed by atoms with E-state index in [0.717, 1.165) is 38.5 Å². The van der Waals surface area contributed by atoms with Crippen molar-refractivity contribution in [3.8, 4) is 0 Å². The second kappa shape index (κ2) is 22.8. The third-order valence-corrected chi connectivity index (χ3v) is 8.04. The number of carbonyl (C=O) groups is 1. The molecule has 0 saturated carbocycles.